The number of amides is 1. The van der Waals surface area contributed by atoms with Gasteiger partial charge >= 0.3 is 5.97 Å². The van der Waals surface area contributed by atoms with Crippen LogP contribution in [-0.2, 0) is 20.7 Å². The number of esters is 1. The molecule has 0 aromatic heterocycles. The summed E-state index contributed by atoms with van der Waals surface area (Å²) in [6.07, 6.45) is 2.57. The maximum atomic E-state index is 12.8. The van der Waals surface area contributed by atoms with Gasteiger partial charge in [-0.1, -0.05) is 42.5 Å². The molecule has 0 spiro atoms. The number of carbonyl (C=O) groups excluding carboxylic acids is 2. The molecule has 1 fully saturated rings. The van der Waals surface area contributed by atoms with Gasteiger partial charge in [-0.3, -0.25) is 9.59 Å². The minimum atomic E-state index is -0.750. The Morgan fingerprint density at radius 3 is 2.46 bits per heavy atom. The summed E-state index contributed by atoms with van der Waals surface area (Å²) in [4.78, 5) is 27.1. The van der Waals surface area contributed by atoms with Crippen LogP contribution in [-0.4, -0.2) is 35.0 Å². The fraction of sp³-hybridized carbons (Fsp3) is 0.455. The predicted octanol–water partition coefficient (Wildman–Crippen LogP) is 4.10. The predicted molar refractivity (Wildman–Crippen MR) is 103 cm³/mol. The van der Waals surface area contributed by atoms with Gasteiger partial charge in [0, 0.05) is 12.1 Å². The molecular formula is C22H27NO3. The maximum Gasteiger partial charge on any atom is 0.311 e. The van der Waals surface area contributed by atoms with Crippen molar-refractivity contribution < 1.29 is 14.3 Å². The van der Waals surface area contributed by atoms with Gasteiger partial charge in [-0.05, 0) is 56.4 Å². The second-order valence-electron chi connectivity index (χ2n) is 7.32. The Balaban J connectivity index is 1.66. The Morgan fingerprint density at radius 1 is 1.08 bits per heavy atom. The Hall–Kier alpha value is -2.36. The average Bonchev–Trinajstić information content (AvgIpc) is 2.61. The second kappa shape index (κ2) is 7.90. The molecule has 1 saturated heterocycles. The summed E-state index contributed by atoms with van der Waals surface area (Å²) in [5.74, 6) is -0.449. The number of nitrogens with zero attached hydrogens (tertiary/aromatic N) is 1. The summed E-state index contributed by atoms with van der Waals surface area (Å²) < 4.78 is 5.48. The van der Waals surface area contributed by atoms with Crippen molar-refractivity contribution in [3.05, 3.63) is 48.0 Å². The molecule has 26 heavy (non-hydrogen) atoms. The molecule has 0 N–H and O–H groups in total. The summed E-state index contributed by atoms with van der Waals surface area (Å²) >= 11 is 0. The number of hydrogen-bond donors (Lipinski definition) is 0. The van der Waals surface area contributed by atoms with Crippen LogP contribution in [0.4, 0.5) is 0 Å². The van der Waals surface area contributed by atoms with Crippen molar-refractivity contribution >= 4 is 22.6 Å². The quantitative estimate of drug-likeness (QED) is 0.777. The molecule has 0 radical (unpaired) electrons. The molecule has 0 aliphatic carbocycles. The third-order valence-electron chi connectivity index (χ3n) is 5.32. The van der Waals surface area contributed by atoms with Gasteiger partial charge in [0.2, 0.25) is 0 Å². The third-order valence-corrected chi connectivity index (χ3v) is 5.32. The van der Waals surface area contributed by atoms with Crippen LogP contribution >= 0.6 is 0 Å². The van der Waals surface area contributed by atoms with Crippen LogP contribution in [0.3, 0.4) is 0 Å². The number of carbonyl (C=O) groups is 2. The van der Waals surface area contributed by atoms with E-state index >= 15 is 0 Å². The Kier molecular flexibility index (Phi) is 5.60. The topological polar surface area (TPSA) is 46.6 Å². The highest BCUT2D eigenvalue weighted by molar-refractivity contribution is 5.90. The van der Waals surface area contributed by atoms with Gasteiger partial charge in [0.1, 0.15) is 0 Å². The first kappa shape index (κ1) is 18.4. The number of rotatable bonds is 4. The number of piperidine rings is 1. The molecule has 4 nitrogen and oxygen atoms in total. The van der Waals surface area contributed by atoms with E-state index < -0.39 is 6.10 Å². The van der Waals surface area contributed by atoms with E-state index in [0.717, 1.165) is 35.6 Å². The first-order chi connectivity index (χ1) is 12.5. The molecule has 0 unspecified atom stereocenters. The minimum Gasteiger partial charge on any atom is -0.452 e. The van der Waals surface area contributed by atoms with Gasteiger partial charge in [0.15, 0.2) is 6.10 Å². The van der Waals surface area contributed by atoms with E-state index in [-0.39, 0.29) is 30.4 Å². The van der Waals surface area contributed by atoms with Gasteiger partial charge in [-0.15, -0.1) is 0 Å². The van der Waals surface area contributed by atoms with Crippen LogP contribution in [0.25, 0.3) is 10.8 Å². The highest BCUT2D eigenvalue weighted by Crippen LogP contribution is 2.24. The normalized spacial score (nSPS) is 21.4. The molecule has 1 heterocycles. The smallest absolute Gasteiger partial charge is 0.311 e. The summed E-state index contributed by atoms with van der Waals surface area (Å²) in [5.41, 5.74) is 0.924. The third kappa shape index (κ3) is 3.90. The summed E-state index contributed by atoms with van der Waals surface area (Å²) in [6.45, 7) is 5.81. The van der Waals surface area contributed by atoms with Crippen molar-refractivity contribution in [2.75, 3.05) is 0 Å². The number of likely N-dealkylation sites (tertiary alicyclic amines) is 1. The fourth-order valence-corrected chi connectivity index (χ4v) is 3.96. The SMILES string of the molecule is C[C@@H](OC(=O)Cc1cccc2ccccc12)C(=O)N1[C@@H](C)CCC[C@@H]1C. The molecule has 1 aliphatic rings. The van der Waals surface area contributed by atoms with Gasteiger partial charge in [0.25, 0.3) is 5.91 Å². The highest BCUT2D eigenvalue weighted by atomic mass is 16.5. The van der Waals surface area contributed by atoms with Gasteiger partial charge < -0.3 is 9.64 Å². The van der Waals surface area contributed by atoms with Crippen molar-refractivity contribution in [2.45, 2.75) is 64.6 Å². The second-order valence-corrected chi connectivity index (χ2v) is 7.32. The average molecular weight is 353 g/mol. The van der Waals surface area contributed by atoms with Crippen LogP contribution in [0.5, 0.6) is 0 Å². The van der Waals surface area contributed by atoms with Crippen LogP contribution in [0, 0.1) is 0 Å². The van der Waals surface area contributed by atoms with Crippen LogP contribution < -0.4 is 0 Å². The van der Waals surface area contributed by atoms with E-state index in [4.69, 9.17) is 4.74 Å². The molecule has 3 rings (SSSR count). The first-order valence-corrected chi connectivity index (χ1v) is 9.45. The molecule has 1 aliphatic heterocycles. The van der Waals surface area contributed by atoms with E-state index in [1.807, 2.05) is 47.4 Å². The van der Waals surface area contributed by atoms with Crippen molar-refractivity contribution in [3.63, 3.8) is 0 Å². The molecule has 1 amide bonds. The largest absolute Gasteiger partial charge is 0.452 e. The molecule has 0 bridgehead atoms. The van der Waals surface area contributed by atoms with E-state index in [2.05, 4.69) is 13.8 Å². The van der Waals surface area contributed by atoms with E-state index in [0.29, 0.717) is 0 Å². The zero-order chi connectivity index (χ0) is 18.7. The number of benzene rings is 2. The first-order valence-electron chi connectivity index (χ1n) is 9.45. The maximum absolute atomic E-state index is 12.8. The van der Waals surface area contributed by atoms with E-state index in [1.54, 1.807) is 6.92 Å². The minimum absolute atomic E-state index is 0.0871. The van der Waals surface area contributed by atoms with Gasteiger partial charge in [-0.25, -0.2) is 0 Å². The van der Waals surface area contributed by atoms with Crippen LogP contribution in [0.15, 0.2) is 42.5 Å². The number of fused-ring (bicyclic) bond motifs is 1. The zero-order valence-electron chi connectivity index (χ0n) is 15.8. The van der Waals surface area contributed by atoms with Crippen molar-refractivity contribution in [2.24, 2.45) is 0 Å². The Labute approximate surface area is 155 Å². The summed E-state index contributed by atoms with van der Waals surface area (Å²) in [5, 5.41) is 2.14. The Bertz CT molecular complexity index is 786. The fourth-order valence-electron chi connectivity index (χ4n) is 3.96. The standard InChI is InChI=1S/C22H27NO3/c1-15-8-6-9-16(2)23(15)22(25)17(3)26-21(24)14-19-12-7-11-18-10-4-5-13-20(18)19/h4-5,7,10-13,15-17H,6,8-9,14H2,1-3H3/t15-,16-,17+/m0/s1. The molecule has 3 atom stereocenters. The molecular weight excluding hydrogens is 326 g/mol. The van der Waals surface area contributed by atoms with E-state index in [9.17, 15) is 9.59 Å². The molecule has 0 saturated carbocycles. The van der Waals surface area contributed by atoms with Crippen LogP contribution in [0.2, 0.25) is 0 Å². The van der Waals surface area contributed by atoms with Crippen LogP contribution in [0.1, 0.15) is 45.6 Å². The Morgan fingerprint density at radius 2 is 1.73 bits per heavy atom. The lowest BCUT2D eigenvalue weighted by Gasteiger charge is -2.40. The number of ether oxygens (including phenoxy) is 1. The lowest BCUT2D eigenvalue weighted by molar-refractivity contribution is -0.161. The van der Waals surface area contributed by atoms with Crippen molar-refractivity contribution in [1.82, 2.24) is 4.90 Å². The summed E-state index contributed by atoms with van der Waals surface area (Å²) in [6, 6.07) is 14.3. The van der Waals surface area contributed by atoms with Crippen molar-refractivity contribution in [3.8, 4) is 0 Å². The van der Waals surface area contributed by atoms with Gasteiger partial charge in [-0.2, -0.15) is 0 Å². The molecule has 4 heteroatoms. The molecule has 2 aromatic carbocycles. The highest BCUT2D eigenvalue weighted by Gasteiger charge is 2.33. The summed E-state index contributed by atoms with van der Waals surface area (Å²) in [7, 11) is 0. The molecule has 138 valence electrons. The van der Waals surface area contributed by atoms with Crippen molar-refractivity contribution in [1.29, 1.82) is 0 Å². The lowest BCUT2D eigenvalue weighted by atomic mass is 9.97. The monoisotopic (exact) mass is 353 g/mol. The number of hydrogen-bond acceptors (Lipinski definition) is 3. The lowest BCUT2D eigenvalue weighted by Crippen LogP contribution is -2.51. The molecule has 2 aromatic rings. The zero-order valence-corrected chi connectivity index (χ0v) is 15.8. The van der Waals surface area contributed by atoms with E-state index in [1.165, 1.54) is 0 Å². The van der Waals surface area contributed by atoms with Gasteiger partial charge in [0.05, 0.1) is 6.42 Å².